The van der Waals surface area contributed by atoms with Gasteiger partial charge in [0.1, 0.15) is 5.82 Å². The summed E-state index contributed by atoms with van der Waals surface area (Å²) in [5.41, 5.74) is 3.73. The Hall–Kier alpha value is -1.74. The Morgan fingerprint density at radius 1 is 1.15 bits per heavy atom. The van der Waals surface area contributed by atoms with Gasteiger partial charge in [-0.1, -0.05) is 31.2 Å². The van der Waals surface area contributed by atoms with Crippen LogP contribution >= 0.6 is 0 Å². The zero-order chi connectivity index (χ0) is 14.0. The first kappa shape index (κ1) is 13.3. The summed E-state index contributed by atoms with van der Waals surface area (Å²) in [6, 6.07) is 10.7. The largest absolute Gasteiger partial charge is 0.319 e. The van der Waals surface area contributed by atoms with Gasteiger partial charge >= 0.3 is 0 Å². The van der Waals surface area contributed by atoms with E-state index in [1.54, 1.807) is 0 Å². The Kier molecular flexibility index (Phi) is 3.53. The normalized spacial score (nSPS) is 16.1. The number of aromatic nitrogens is 2. The van der Waals surface area contributed by atoms with Crippen molar-refractivity contribution in [2.45, 2.75) is 31.6 Å². The van der Waals surface area contributed by atoms with Gasteiger partial charge in [-0.3, -0.25) is 0 Å². The van der Waals surface area contributed by atoms with Gasteiger partial charge in [0.15, 0.2) is 0 Å². The molecule has 0 saturated heterocycles. The van der Waals surface area contributed by atoms with Crippen molar-refractivity contribution in [1.82, 2.24) is 15.3 Å². The number of likely N-dealkylation sites (N-methyl/N-ethyl adjacent to an activating group) is 1. The van der Waals surface area contributed by atoms with Crippen LogP contribution in [0.2, 0.25) is 0 Å². The summed E-state index contributed by atoms with van der Waals surface area (Å²) < 4.78 is 0. The fourth-order valence-corrected chi connectivity index (χ4v) is 2.65. The van der Waals surface area contributed by atoms with E-state index >= 15 is 0 Å². The molecular formula is C17H21N3. The average Bonchev–Trinajstić information content (AvgIpc) is 3.29. The summed E-state index contributed by atoms with van der Waals surface area (Å²) >= 11 is 0. The van der Waals surface area contributed by atoms with Gasteiger partial charge in [-0.25, -0.2) is 9.97 Å². The third-order valence-corrected chi connectivity index (χ3v) is 4.16. The van der Waals surface area contributed by atoms with Gasteiger partial charge in [-0.15, -0.1) is 0 Å². The quantitative estimate of drug-likeness (QED) is 0.905. The highest BCUT2D eigenvalue weighted by Gasteiger charge is 2.46. The highest BCUT2D eigenvalue weighted by Crippen LogP contribution is 2.46. The predicted molar refractivity (Wildman–Crippen MR) is 81.7 cm³/mol. The van der Waals surface area contributed by atoms with Gasteiger partial charge in [-0.05, 0) is 37.9 Å². The minimum atomic E-state index is 0.175. The molecule has 1 N–H and O–H groups in total. The molecule has 104 valence electrons. The Morgan fingerprint density at radius 2 is 1.90 bits per heavy atom. The third kappa shape index (κ3) is 2.46. The first-order valence-electron chi connectivity index (χ1n) is 7.35. The van der Waals surface area contributed by atoms with E-state index in [1.165, 1.54) is 24.0 Å². The summed E-state index contributed by atoms with van der Waals surface area (Å²) in [5.74, 6) is 0.990. The second-order valence-corrected chi connectivity index (χ2v) is 5.63. The smallest absolute Gasteiger partial charge is 0.136 e. The molecule has 20 heavy (non-hydrogen) atoms. The fourth-order valence-electron chi connectivity index (χ4n) is 2.65. The third-order valence-electron chi connectivity index (χ3n) is 4.16. The maximum absolute atomic E-state index is 4.80. The Bertz CT molecular complexity index is 585. The van der Waals surface area contributed by atoms with Gasteiger partial charge in [0.05, 0.1) is 5.69 Å². The van der Waals surface area contributed by atoms with Crippen molar-refractivity contribution >= 4 is 0 Å². The van der Waals surface area contributed by atoms with Crippen LogP contribution in [0.5, 0.6) is 0 Å². The lowest BCUT2D eigenvalue weighted by Gasteiger charge is -2.13. The zero-order valence-electron chi connectivity index (χ0n) is 12.2. The van der Waals surface area contributed by atoms with Gasteiger partial charge in [0, 0.05) is 23.7 Å². The van der Waals surface area contributed by atoms with E-state index in [9.17, 15) is 0 Å². The average molecular weight is 267 g/mol. The summed E-state index contributed by atoms with van der Waals surface area (Å²) in [6.45, 7) is 3.14. The van der Waals surface area contributed by atoms with E-state index in [-0.39, 0.29) is 5.41 Å². The molecular weight excluding hydrogens is 246 g/mol. The number of nitrogens with one attached hydrogen (secondary N) is 1. The Balaban J connectivity index is 1.90. The summed E-state index contributed by atoms with van der Waals surface area (Å²) in [7, 11) is 1.99. The molecule has 2 aromatic rings. The van der Waals surface area contributed by atoms with Crippen molar-refractivity contribution in [3.8, 4) is 11.3 Å². The molecule has 3 heteroatoms. The first-order chi connectivity index (χ1) is 9.77. The highest BCUT2D eigenvalue weighted by molar-refractivity contribution is 5.59. The molecule has 0 radical (unpaired) electrons. The first-order valence-corrected chi connectivity index (χ1v) is 7.35. The number of rotatable bonds is 5. The highest BCUT2D eigenvalue weighted by atomic mass is 15.0. The van der Waals surface area contributed by atoms with E-state index < -0.39 is 0 Å². The van der Waals surface area contributed by atoms with E-state index in [2.05, 4.69) is 41.5 Å². The van der Waals surface area contributed by atoms with Crippen LogP contribution in [-0.4, -0.2) is 23.6 Å². The predicted octanol–water partition coefficient (Wildman–Crippen LogP) is 2.96. The fraction of sp³-hybridized carbons (Fsp3) is 0.412. The van der Waals surface area contributed by atoms with Crippen LogP contribution < -0.4 is 5.32 Å². The van der Waals surface area contributed by atoms with E-state index in [1.807, 2.05) is 19.3 Å². The lowest BCUT2D eigenvalue weighted by Crippen LogP contribution is -2.25. The minimum Gasteiger partial charge on any atom is -0.319 e. The molecule has 0 amide bonds. The van der Waals surface area contributed by atoms with Gasteiger partial charge < -0.3 is 5.32 Å². The van der Waals surface area contributed by atoms with Crippen LogP contribution in [0, 0.1) is 0 Å². The molecule has 0 atom stereocenters. The van der Waals surface area contributed by atoms with Crippen molar-refractivity contribution in [3.63, 3.8) is 0 Å². The monoisotopic (exact) mass is 267 g/mol. The number of nitrogens with zero attached hydrogens (tertiary/aromatic N) is 2. The maximum atomic E-state index is 4.80. The second-order valence-electron chi connectivity index (χ2n) is 5.63. The molecule has 0 bridgehead atoms. The van der Waals surface area contributed by atoms with Crippen LogP contribution in [0.1, 0.15) is 31.2 Å². The lowest BCUT2D eigenvalue weighted by atomic mass is 10.0. The molecule has 1 aliphatic rings. The van der Waals surface area contributed by atoms with E-state index in [0.717, 1.165) is 24.5 Å². The molecule has 1 aromatic heterocycles. The molecule has 1 aliphatic carbocycles. The van der Waals surface area contributed by atoms with Crippen molar-refractivity contribution < 1.29 is 0 Å². The van der Waals surface area contributed by atoms with Crippen LogP contribution in [0.3, 0.4) is 0 Å². The maximum Gasteiger partial charge on any atom is 0.136 e. The SMILES string of the molecule is CCc1ccc(-c2ccnc(C3(CNC)CC3)n2)cc1. The summed E-state index contributed by atoms with van der Waals surface area (Å²) in [5, 5.41) is 3.26. The minimum absolute atomic E-state index is 0.175. The van der Waals surface area contributed by atoms with Crippen LogP contribution in [0.4, 0.5) is 0 Å². The van der Waals surface area contributed by atoms with Crippen LogP contribution in [0.15, 0.2) is 36.5 Å². The standard InChI is InChI=1S/C17H21N3/c1-3-13-4-6-14(7-5-13)15-8-11-19-16(20-15)17(9-10-17)12-18-2/h4-8,11,18H,3,9-10,12H2,1-2H3. The molecule has 1 saturated carbocycles. The Morgan fingerprint density at radius 3 is 2.50 bits per heavy atom. The van der Waals surface area contributed by atoms with E-state index in [0.29, 0.717) is 0 Å². The number of hydrogen-bond acceptors (Lipinski definition) is 3. The van der Waals surface area contributed by atoms with Crippen LogP contribution in [0.25, 0.3) is 11.3 Å². The molecule has 3 nitrogen and oxygen atoms in total. The molecule has 0 aliphatic heterocycles. The number of benzene rings is 1. The van der Waals surface area contributed by atoms with Crippen molar-refractivity contribution in [3.05, 3.63) is 47.9 Å². The molecule has 1 fully saturated rings. The molecule has 0 unspecified atom stereocenters. The second kappa shape index (κ2) is 5.33. The van der Waals surface area contributed by atoms with E-state index in [4.69, 9.17) is 4.98 Å². The topological polar surface area (TPSA) is 37.8 Å². The summed E-state index contributed by atoms with van der Waals surface area (Å²) in [4.78, 5) is 9.30. The zero-order valence-corrected chi connectivity index (χ0v) is 12.2. The van der Waals surface area contributed by atoms with Gasteiger partial charge in [0.2, 0.25) is 0 Å². The molecule has 3 rings (SSSR count). The molecule has 1 aromatic carbocycles. The number of aryl methyl sites for hydroxylation is 1. The molecule has 1 heterocycles. The van der Waals surface area contributed by atoms with Gasteiger partial charge in [-0.2, -0.15) is 0 Å². The van der Waals surface area contributed by atoms with Crippen molar-refractivity contribution in [2.75, 3.05) is 13.6 Å². The van der Waals surface area contributed by atoms with Gasteiger partial charge in [0.25, 0.3) is 0 Å². The summed E-state index contributed by atoms with van der Waals surface area (Å²) in [6.07, 6.45) is 5.33. The molecule has 0 spiro atoms. The number of hydrogen-bond donors (Lipinski definition) is 1. The van der Waals surface area contributed by atoms with Crippen molar-refractivity contribution in [1.29, 1.82) is 0 Å². The lowest BCUT2D eigenvalue weighted by molar-refractivity contribution is 0.588. The Labute approximate surface area is 120 Å². The van der Waals surface area contributed by atoms with Crippen LogP contribution in [-0.2, 0) is 11.8 Å². The van der Waals surface area contributed by atoms with Crippen molar-refractivity contribution in [2.24, 2.45) is 0 Å².